The van der Waals surface area contributed by atoms with Crippen LogP contribution in [0.3, 0.4) is 0 Å². The molecule has 1 aliphatic carbocycles. The van der Waals surface area contributed by atoms with Crippen LogP contribution in [0.25, 0.3) is 0 Å². The molecule has 1 aliphatic rings. The van der Waals surface area contributed by atoms with Gasteiger partial charge in [-0.2, -0.15) is 0 Å². The van der Waals surface area contributed by atoms with Gasteiger partial charge in [0.05, 0.1) is 0 Å². The molecular formula is C10H19B. The molecule has 11 heavy (non-hydrogen) atoms. The Hall–Kier alpha value is -0.0651. The van der Waals surface area contributed by atoms with Crippen molar-refractivity contribution in [3.63, 3.8) is 0 Å². The minimum absolute atomic E-state index is 0.515. The summed E-state index contributed by atoms with van der Waals surface area (Å²) in [5, 5.41) is 0. The molecule has 1 heteroatoms. The van der Waals surface area contributed by atoms with E-state index in [1.807, 2.05) is 0 Å². The Morgan fingerprint density at radius 2 is 1.64 bits per heavy atom. The Morgan fingerprint density at radius 3 is 2.00 bits per heavy atom. The summed E-state index contributed by atoms with van der Waals surface area (Å²) in [6.07, 6.45) is 5.26. The van der Waals surface area contributed by atoms with Crippen LogP contribution in [0.15, 0.2) is 0 Å². The van der Waals surface area contributed by atoms with E-state index in [1.165, 1.54) is 31.1 Å². The van der Waals surface area contributed by atoms with Crippen molar-refractivity contribution in [1.82, 2.24) is 0 Å². The first-order valence-electron chi connectivity index (χ1n) is 4.67. The van der Waals surface area contributed by atoms with Gasteiger partial charge in [0.2, 0.25) is 0 Å². The number of rotatable bonds is 0. The van der Waals surface area contributed by atoms with Gasteiger partial charge < -0.3 is 0 Å². The van der Waals surface area contributed by atoms with Crippen molar-refractivity contribution in [3.8, 4) is 0 Å². The van der Waals surface area contributed by atoms with Crippen LogP contribution >= 0.6 is 0 Å². The van der Waals surface area contributed by atoms with E-state index in [2.05, 4.69) is 28.3 Å². The van der Waals surface area contributed by atoms with Crippen molar-refractivity contribution in [2.24, 2.45) is 11.3 Å². The average Bonchev–Trinajstić information content (AvgIpc) is 1.86. The monoisotopic (exact) mass is 150 g/mol. The first-order valence-corrected chi connectivity index (χ1v) is 4.67. The summed E-state index contributed by atoms with van der Waals surface area (Å²) < 4.78 is 0. The summed E-state index contributed by atoms with van der Waals surface area (Å²) >= 11 is 0. The zero-order chi connectivity index (χ0) is 8.48. The van der Waals surface area contributed by atoms with Crippen molar-refractivity contribution in [1.29, 1.82) is 0 Å². The Morgan fingerprint density at radius 1 is 1.18 bits per heavy atom. The first kappa shape index (κ1) is 9.03. The standard InChI is InChI=1S/C10H19B/c1-10(2,3)8-4-6-9(11)7-5-8/h8,11H,4-7H2,1-3H3. The zero-order valence-corrected chi connectivity index (χ0v) is 8.11. The first-order chi connectivity index (χ1) is 5.00. The van der Waals surface area contributed by atoms with Crippen molar-refractivity contribution in [3.05, 3.63) is 0 Å². The van der Waals surface area contributed by atoms with Crippen LogP contribution in [0.5, 0.6) is 0 Å². The molecule has 0 saturated heterocycles. The van der Waals surface area contributed by atoms with E-state index in [-0.39, 0.29) is 0 Å². The van der Waals surface area contributed by atoms with Crippen LogP contribution in [0, 0.1) is 11.3 Å². The van der Waals surface area contributed by atoms with Crippen LogP contribution in [0.2, 0.25) is 0 Å². The van der Waals surface area contributed by atoms with Gasteiger partial charge in [-0.1, -0.05) is 0 Å². The van der Waals surface area contributed by atoms with Crippen molar-refractivity contribution in [2.45, 2.75) is 46.5 Å². The molecule has 0 aliphatic heterocycles. The Balaban J connectivity index is 2.45. The molecule has 0 spiro atoms. The van der Waals surface area contributed by atoms with E-state index in [0.29, 0.717) is 5.41 Å². The van der Waals surface area contributed by atoms with Crippen molar-refractivity contribution < 1.29 is 0 Å². The van der Waals surface area contributed by atoms with Crippen LogP contribution in [-0.2, 0) is 0 Å². The van der Waals surface area contributed by atoms with Gasteiger partial charge in [-0.25, -0.2) is 0 Å². The maximum atomic E-state index is 4.03. The van der Waals surface area contributed by atoms with Crippen LogP contribution in [0.4, 0.5) is 0 Å². The van der Waals surface area contributed by atoms with Gasteiger partial charge in [0.15, 0.2) is 0 Å². The second-order valence-corrected chi connectivity index (χ2v) is 4.89. The molecule has 62 valence electrons. The SMILES string of the molecule is B=C1CCC(C(C)(C)C)CC1. The molecule has 0 nitrogen and oxygen atoms in total. The van der Waals surface area contributed by atoms with Crippen LogP contribution in [0.1, 0.15) is 46.5 Å². The molecule has 0 amide bonds. The summed E-state index contributed by atoms with van der Waals surface area (Å²) in [7, 11) is 4.03. The molecule has 0 atom stereocenters. The molecule has 0 aromatic rings. The molecular weight excluding hydrogens is 131 g/mol. The molecule has 0 aromatic carbocycles. The van der Waals surface area contributed by atoms with Gasteiger partial charge in [-0.05, 0) is 0 Å². The molecule has 0 aromatic heterocycles. The average molecular weight is 150 g/mol. The van der Waals surface area contributed by atoms with Gasteiger partial charge in [0, 0.05) is 0 Å². The van der Waals surface area contributed by atoms with Gasteiger partial charge in [0.1, 0.15) is 0 Å². The van der Waals surface area contributed by atoms with Crippen molar-refractivity contribution in [2.75, 3.05) is 0 Å². The Labute approximate surface area is 71.5 Å². The van der Waals surface area contributed by atoms with E-state index in [1.54, 1.807) is 0 Å². The fourth-order valence-corrected chi connectivity index (χ4v) is 1.89. The third-order valence-electron chi connectivity index (χ3n) is 2.92. The summed E-state index contributed by atoms with van der Waals surface area (Å²) in [6, 6.07) is 0. The molecule has 0 N–H and O–H groups in total. The fourth-order valence-electron chi connectivity index (χ4n) is 1.89. The van der Waals surface area contributed by atoms with E-state index in [4.69, 9.17) is 0 Å². The summed E-state index contributed by atoms with van der Waals surface area (Å²) in [5.41, 5.74) is 1.98. The van der Waals surface area contributed by atoms with Gasteiger partial charge >= 0.3 is 70.7 Å². The zero-order valence-electron chi connectivity index (χ0n) is 8.11. The number of hydrogen-bond acceptors (Lipinski definition) is 0. The van der Waals surface area contributed by atoms with E-state index >= 15 is 0 Å². The normalized spacial score (nSPS) is 27.1. The topological polar surface area (TPSA) is 0 Å². The molecule has 1 rings (SSSR count). The quantitative estimate of drug-likeness (QED) is 0.465. The van der Waals surface area contributed by atoms with Gasteiger partial charge in [0.25, 0.3) is 0 Å². The molecule has 1 fully saturated rings. The molecule has 0 heterocycles. The van der Waals surface area contributed by atoms with E-state index < -0.39 is 0 Å². The Kier molecular flexibility index (Phi) is 2.56. The van der Waals surface area contributed by atoms with E-state index in [9.17, 15) is 0 Å². The number of hydrogen-bond donors (Lipinski definition) is 0. The minimum atomic E-state index is 0.515. The van der Waals surface area contributed by atoms with Crippen LogP contribution in [-0.4, -0.2) is 13.0 Å². The van der Waals surface area contributed by atoms with Gasteiger partial charge in [-0.15, -0.1) is 0 Å². The molecule has 0 radical (unpaired) electrons. The van der Waals surface area contributed by atoms with E-state index in [0.717, 1.165) is 5.92 Å². The second-order valence-electron chi connectivity index (χ2n) is 4.89. The van der Waals surface area contributed by atoms with Gasteiger partial charge in [-0.3, -0.25) is 0 Å². The third kappa shape index (κ3) is 2.46. The molecule has 0 unspecified atom stereocenters. The summed E-state index contributed by atoms with van der Waals surface area (Å²) in [4.78, 5) is 0. The third-order valence-corrected chi connectivity index (χ3v) is 2.92. The van der Waals surface area contributed by atoms with Crippen LogP contribution < -0.4 is 0 Å². The Bertz CT molecular complexity index is 143. The summed E-state index contributed by atoms with van der Waals surface area (Å²) in [5.74, 6) is 0.924. The molecule has 1 saturated carbocycles. The predicted octanol–water partition coefficient (Wildman–Crippen LogP) is 2.30. The predicted molar refractivity (Wildman–Crippen MR) is 53.6 cm³/mol. The fraction of sp³-hybridized carbons (Fsp3) is 0.900. The second kappa shape index (κ2) is 3.12. The summed E-state index contributed by atoms with van der Waals surface area (Å²) in [6.45, 7) is 7.06. The van der Waals surface area contributed by atoms with Crippen molar-refractivity contribution >= 4 is 13.0 Å². The maximum absolute atomic E-state index is 4.03. The molecule has 0 bridgehead atoms.